The van der Waals surface area contributed by atoms with E-state index in [0.717, 1.165) is 28.8 Å². The second-order valence-corrected chi connectivity index (χ2v) is 5.49. The molecule has 0 spiro atoms. The minimum Gasteiger partial charge on any atom is -0.395 e. The van der Waals surface area contributed by atoms with E-state index in [1.54, 1.807) is 0 Å². The molecule has 98 valence electrons. The Morgan fingerprint density at radius 2 is 2.06 bits per heavy atom. The zero-order valence-corrected chi connectivity index (χ0v) is 12.6. The maximum atomic E-state index is 9.28. The van der Waals surface area contributed by atoms with Crippen molar-refractivity contribution in [3.8, 4) is 0 Å². The highest BCUT2D eigenvalue weighted by Crippen LogP contribution is 2.19. The highest BCUT2D eigenvalue weighted by molar-refractivity contribution is 9.10. The molecule has 2 N–H and O–H groups in total. The van der Waals surface area contributed by atoms with E-state index in [4.69, 9.17) is 0 Å². The first kappa shape index (κ1) is 14.7. The lowest BCUT2D eigenvalue weighted by molar-refractivity contribution is 0.222. The van der Waals surface area contributed by atoms with Gasteiger partial charge >= 0.3 is 0 Å². The van der Waals surface area contributed by atoms with E-state index < -0.39 is 0 Å². The molecule has 17 heavy (non-hydrogen) atoms. The van der Waals surface area contributed by atoms with Gasteiger partial charge in [0.1, 0.15) is 0 Å². The van der Waals surface area contributed by atoms with Crippen LogP contribution in [0.15, 0.2) is 4.47 Å². The standard InChI is InChI=1S/C12H22BrN3O/c1-8(2)14-11(7-17)5-6-16-10(4)12(13)9(3)15-16/h8,11,14,17H,5-7H2,1-4H3. The molecule has 0 aliphatic rings. The van der Waals surface area contributed by atoms with Crippen LogP contribution in [-0.2, 0) is 6.54 Å². The van der Waals surface area contributed by atoms with Crippen LogP contribution in [0.2, 0.25) is 0 Å². The molecule has 0 aliphatic heterocycles. The van der Waals surface area contributed by atoms with Gasteiger partial charge in [-0.3, -0.25) is 4.68 Å². The third-order valence-electron chi connectivity index (χ3n) is 2.77. The zero-order chi connectivity index (χ0) is 13.0. The summed E-state index contributed by atoms with van der Waals surface area (Å²) in [5.74, 6) is 0. The molecule has 0 bridgehead atoms. The van der Waals surface area contributed by atoms with Crippen molar-refractivity contribution in [2.75, 3.05) is 6.61 Å². The van der Waals surface area contributed by atoms with Crippen LogP contribution < -0.4 is 5.32 Å². The Kier molecular flexibility index (Phi) is 5.62. The summed E-state index contributed by atoms with van der Waals surface area (Å²) >= 11 is 3.52. The number of aliphatic hydroxyl groups is 1. The quantitative estimate of drug-likeness (QED) is 0.845. The summed E-state index contributed by atoms with van der Waals surface area (Å²) in [6, 6.07) is 0.525. The van der Waals surface area contributed by atoms with Crippen molar-refractivity contribution in [1.82, 2.24) is 15.1 Å². The molecular formula is C12H22BrN3O. The van der Waals surface area contributed by atoms with E-state index >= 15 is 0 Å². The normalized spacial score (nSPS) is 13.4. The van der Waals surface area contributed by atoms with Crippen molar-refractivity contribution in [3.05, 3.63) is 15.9 Å². The number of nitrogens with zero attached hydrogens (tertiary/aromatic N) is 2. The summed E-state index contributed by atoms with van der Waals surface area (Å²) in [6.07, 6.45) is 0.878. The number of hydrogen-bond acceptors (Lipinski definition) is 3. The molecule has 0 fully saturated rings. The van der Waals surface area contributed by atoms with Gasteiger partial charge in [-0.1, -0.05) is 13.8 Å². The van der Waals surface area contributed by atoms with Crippen LogP contribution in [0.1, 0.15) is 31.7 Å². The molecule has 0 aromatic carbocycles. The molecule has 1 unspecified atom stereocenters. The first-order chi connectivity index (χ1) is 7.95. The number of hydrogen-bond donors (Lipinski definition) is 2. The minimum atomic E-state index is 0.137. The van der Waals surface area contributed by atoms with Gasteiger partial charge in [-0.25, -0.2) is 0 Å². The third-order valence-corrected chi connectivity index (χ3v) is 3.92. The Balaban J connectivity index is 2.56. The molecule has 1 aromatic heterocycles. The molecule has 0 saturated carbocycles. The van der Waals surface area contributed by atoms with Gasteiger partial charge in [-0.2, -0.15) is 5.10 Å². The van der Waals surface area contributed by atoms with Crippen LogP contribution in [0.5, 0.6) is 0 Å². The minimum absolute atomic E-state index is 0.137. The Hall–Kier alpha value is -0.390. The average molecular weight is 304 g/mol. The largest absolute Gasteiger partial charge is 0.395 e. The number of halogens is 1. The first-order valence-corrected chi connectivity index (χ1v) is 6.81. The fourth-order valence-electron chi connectivity index (χ4n) is 1.87. The molecule has 5 heteroatoms. The Morgan fingerprint density at radius 1 is 1.41 bits per heavy atom. The van der Waals surface area contributed by atoms with Gasteiger partial charge in [0.25, 0.3) is 0 Å². The van der Waals surface area contributed by atoms with Crippen LogP contribution in [0.4, 0.5) is 0 Å². The predicted octanol–water partition coefficient (Wildman–Crippen LogP) is 2.01. The lowest BCUT2D eigenvalue weighted by Crippen LogP contribution is -2.38. The predicted molar refractivity (Wildman–Crippen MR) is 73.2 cm³/mol. The van der Waals surface area contributed by atoms with E-state index in [1.165, 1.54) is 0 Å². The topological polar surface area (TPSA) is 50.1 Å². The van der Waals surface area contributed by atoms with E-state index in [9.17, 15) is 5.11 Å². The van der Waals surface area contributed by atoms with Crippen molar-refractivity contribution < 1.29 is 5.11 Å². The van der Waals surface area contributed by atoms with E-state index in [1.807, 2.05) is 18.5 Å². The van der Waals surface area contributed by atoms with Crippen molar-refractivity contribution in [1.29, 1.82) is 0 Å². The Labute approximate surface area is 112 Å². The number of aryl methyl sites for hydroxylation is 2. The lowest BCUT2D eigenvalue weighted by atomic mass is 10.2. The molecule has 0 radical (unpaired) electrons. The maximum absolute atomic E-state index is 9.28. The second-order valence-electron chi connectivity index (χ2n) is 4.70. The molecule has 1 atom stereocenters. The molecule has 1 rings (SSSR count). The summed E-state index contributed by atoms with van der Waals surface area (Å²) in [5, 5.41) is 17.1. The van der Waals surface area contributed by atoms with Gasteiger partial charge in [-0.15, -0.1) is 0 Å². The van der Waals surface area contributed by atoms with Gasteiger partial charge in [0.2, 0.25) is 0 Å². The molecule has 0 saturated heterocycles. The van der Waals surface area contributed by atoms with Crippen LogP contribution in [0.25, 0.3) is 0 Å². The second kappa shape index (κ2) is 6.52. The number of rotatable bonds is 6. The van der Waals surface area contributed by atoms with E-state index in [-0.39, 0.29) is 12.6 Å². The molecule has 1 heterocycles. The monoisotopic (exact) mass is 303 g/mol. The SMILES string of the molecule is Cc1nn(CCC(CO)NC(C)C)c(C)c1Br. The molecule has 4 nitrogen and oxygen atoms in total. The zero-order valence-electron chi connectivity index (χ0n) is 11.0. The number of aliphatic hydroxyl groups excluding tert-OH is 1. The fraction of sp³-hybridized carbons (Fsp3) is 0.750. The molecule has 0 aliphatic carbocycles. The summed E-state index contributed by atoms with van der Waals surface area (Å²) in [4.78, 5) is 0. The van der Waals surface area contributed by atoms with Crippen LogP contribution in [0.3, 0.4) is 0 Å². The lowest BCUT2D eigenvalue weighted by Gasteiger charge is -2.19. The van der Waals surface area contributed by atoms with Gasteiger partial charge < -0.3 is 10.4 Å². The van der Waals surface area contributed by atoms with E-state index in [0.29, 0.717) is 6.04 Å². The summed E-state index contributed by atoms with van der Waals surface area (Å²) in [7, 11) is 0. The van der Waals surface area contributed by atoms with Crippen molar-refractivity contribution in [2.24, 2.45) is 0 Å². The van der Waals surface area contributed by atoms with Gasteiger partial charge in [0, 0.05) is 24.3 Å². The summed E-state index contributed by atoms with van der Waals surface area (Å²) in [6.45, 7) is 9.20. The molecule has 0 amide bonds. The van der Waals surface area contributed by atoms with Crippen LogP contribution in [-0.4, -0.2) is 33.6 Å². The van der Waals surface area contributed by atoms with Gasteiger partial charge in [0.05, 0.1) is 16.8 Å². The van der Waals surface area contributed by atoms with Gasteiger partial charge in [-0.05, 0) is 36.2 Å². The smallest absolute Gasteiger partial charge is 0.0738 e. The number of nitrogens with one attached hydrogen (secondary N) is 1. The fourth-order valence-corrected chi connectivity index (χ4v) is 2.15. The Morgan fingerprint density at radius 3 is 2.47 bits per heavy atom. The highest BCUT2D eigenvalue weighted by atomic mass is 79.9. The number of aromatic nitrogens is 2. The highest BCUT2D eigenvalue weighted by Gasteiger charge is 2.12. The first-order valence-electron chi connectivity index (χ1n) is 6.02. The van der Waals surface area contributed by atoms with E-state index in [2.05, 4.69) is 40.2 Å². The van der Waals surface area contributed by atoms with Crippen LogP contribution >= 0.6 is 15.9 Å². The van der Waals surface area contributed by atoms with Crippen molar-refractivity contribution >= 4 is 15.9 Å². The van der Waals surface area contributed by atoms with Crippen LogP contribution in [0, 0.1) is 13.8 Å². The van der Waals surface area contributed by atoms with Crippen molar-refractivity contribution in [2.45, 2.75) is 52.7 Å². The van der Waals surface area contributed by atoms with Crippen molar-refractivity contribution in [3.63, 3.8) is 0 Å². The average Bonchev–Trinajstić information content (AvgIpc) is 2.51. The molecule has 1 aromatic rings. The Bertz CT molecular complexity index is 363. The molecular weight excluding hydrogens is 282 g/mol. The summed E-state index contributed by atoms with van der Waals surface area (Å²) in [5.41, 5.74) is 2.16. The maximum Gasteiger partial charge on any atom is 0.0738 e. The third kappa shape index (κ3) is 4.08. The van der Waals surface area contributed by atoms with Gasteiger partial charge in [0.15, 0.2) is 0 Å². The summed E-state index contributed by atoms with van der Waals surface area (Å²) < 4.78 is 3.07.